The van der Waals surface area contributed by atoms with Gasteiger partial charge in [-0.15, -0.1) is 0 Å². The summed E-state index contributed by atoms with van der Waals surface area (Å²) in [6.07, 6.45) is 2.44. The van der Waals surface area contributed by atoms with Gasteiger partial charge in [-0.2, -0.15) is 0 Å². The van der Waals surface area contributed by atoms with E-state index in [1.54, 1.807) is 12.1 Å². The Bertz CT molecular complexity index is 398. The van der Waals surface area contributed by atoms with E-state index >= 15 is 0 Å². The Morgan fingerprint density at radius 1 is 1.16 bits per heavy atom. The van der Waals surface area contributed by atoms with Crippen LogP contribution in [0.25, 0.3) is 0 Å². The molecule has 1 unspecified atom stereocenters. The molecule has 0 aliphatic carbocycles. The highest BCUT2D eigenvalue weighted by Crippen LogP contribution is 2.14. The van der Waals surface area contributed by atoms with E-state index in [0.717, 1.165) is 18.0 Å². The van der Waals surface area contributed by atoms with Gasteiger partial charge in [-0.05, 0) is 50.4 Å². The van der Waals surface area contributed by atoms with Gasteiger partial charge in [0, 0.05) is 12.6 Å². The Morgan fingerprint density at radius 3 is 2.21 bits per heavy atom. The van der Waals surface area contributed by atoms with Gasteiger partial charge in [-0.1, -0.05) is 26.0 Å². The maximum atomic E-state index is 10.8. The summed E-state index contributed by atoms with van der Waals surface area (Å²) in [5.74, 6) is -0.129. The molecule has 0 aromatic heterocycles. The number of nitrogens with zero attached hydrogens (tertiary/aromatic N) is 1. The van der Waals surface area contributed by atoms with Crippen molar-refractivity contribution < 1.29 is 9.90 Å². The lowest BCUT2D eigenvalue weighted by Crippen LogP contribution is -2.28. The van der Waals surface area contributed by atoms with Crippen LogP contribution in [0.1, 0.15) is 49.5 Å². The Kier molecular flexibility index (Phi) is 6.03. The van der Waals surface area contributed by atoms with Gasteiger partial charge >= 0.3 is 5.97 Å². The Labute approximate surface area is 116 Å². The molecular weight excluding hydrogens is 238 g/mol. The van der Waals surface area contributed by atoms with Crippen LogP contribution in [0.5, 0.6) is 0 Å². The Morgan fingerprint density at radius 2 is 1.74 bits per heavy atom. The van der Waals surface area contributed by atoms with Crippen molar-refractivity contribution in [3.05, 3.63) is 35.4 Å². The van der Waals surface area contributed by atoms with E-state index in [1.165, 1.54) is 12.8 Å². The van der Waals surface area contributed by atoms with Crippen molar-refractivity contribution >= 4 is 5.97 Å². The topological polar surface area (TPSA) is 40.5 Å². The fraction of sp³-hybridized carbons (Fsp3) is 0.562. The van der Waals surface area contributed by atoms with Crippen molar-refractivity contribution in [1.82, 2.24) is 4.90 Å². The van der Waals surface area contributed by atoms with Gasteiger partial charge in [-0.3, -0.25) is 4.90 Å². The van der Waals surface area contributed by atoms with Crippen LogP contribution in [0, 0.1) is 5.92 Å². The van der Waals surface area contributed by atoms with Crippen molar-refractivity contribution in [3.8, 4) is 0 Å². The molecule has 1 aromatic carbocycles. The number of carbonyl (C=O) groups is 1. The van der Waals surface area contributed by atoms with Crippen molar-refractivity contribution in [2.75, 3.05) is 7.05 Å². The third-order valence-corrected chi connectivity index (χ3v) is 3.55. The van der Waals surface area contributed by atoms with Gasteiger partial charge in [0.2, 0.25) is 0 Å². The molecule has 0 radical (unpaired) electrons. The number of benzene rings is 1. The first-order valence-corrected chi connectivity index (χ1v) is 6.92. The molecule has 1 aromatic rings. The third kappa shape index (κ3) is 5.43. The number of rotatable bonds is 7. The minimum absolute atomic E-state index is 0.347. The summed E-state index contributed by atoms with van der Waals surface area (Å²) in [5, 5.41) is 8.86. The molecule has 0 heterocycles. The molecule has 0 aliphatic heterocycles. The zero-order valence-corrected chi connectivity index (χ0v) is 12.4. The predicted molar refractivity (Wildman–Crippen MR) is 78.4 cm³/mol. The number of aromatic carboxylic acids is 1. The minimum Gasteiger partial charge on any atom is -0.478 e. The van der Waals surface area contributed by atoms with E-state index in [0.29, 0.717) is 11.6 Å². The second-order valence-corrected chi connectivity index (χ2v) is 5.74. The smallest absolute Gasteiger partial charge is 0.335 e. The fourth-order valence-corrected chi connectivity index (χ4v) is 1.99. The fourth-order valence-electron chi connectivity index (χ4n) is 1.99. The first-order valence-electron chi connectivity index (χ1n) is 6.92. The van der Waals surface area contributed by atoms with Crippen LogP contribution in [0.15, 0.2) is 24.3 Å². The van der Waals surface area contributed by atoms with Crippen LogP contribution in [0.4, 0.5) is 0 Å². The highest BCUT2D eigenvalue weighted by atomic mass is 16.4. The third-order valence-electron chi connectivity index (χ3n) is 3.55. The lowest BCUT2D eigenvalue weighted by Gasteiger charge is -2.25. The normalized spacial score (nSPS) is 12.9. The van der Waals surface area contributed by atoms with Gasteiger partial charge in [-0.25, -0.2) is 4.79 Å². The number of carboxylic acids is 1. The summed E-state index contributed by atoms with van der Waals surface area (Å²) >= 11 is 0. The molecule has 3 nitrogen and oxygen atoms in total. The maximum Gasteiger partial charge on any atom is 0.335 e. The summed E-state index contributed by atoms with van der Waals surface area (Å²) in [7, 11) is 2.12. The molecular formula is C16H25NO2. The minimum atomic E-state index is -0.870. The zero-order chi connectivity index (χ0) is 14.4. The maximum absolute atomic E-state index is 10.8. The average Bonchev–Trinajstić information content (AvgIpc) is 2.36. The summed E-state index contributed by atoms with van der Waals surface area (Å²) in [5.41, 5.74) is 1.50. The van der Waals surface area contributed by atoms with Crippen molar-refractivity contribution in [3.63, 3.8) is 0 Å². The average molecular weight is 263 g/mol. The van der Waals surface area contributed by atoms with Crippen molar-refractivity contribution in [1.29, 1.82) is 0 Å². The van der Waals surface area contributed by atoms with Crippen LogP contribution in [-0.4, -0.2) is 29.1 Å². The lowest BCUT2D eigenvalue weighted by atomic mass is 10.0. The number of carboxylic acid groups (broad SMARTS) is 1. The molecule has 19 heavy (non-hydrogen) atoms. The molecule has 0 aliphatic rings. The molecule has 1 atom stereocenters. The van der Waals surface area contributed by atoms with E-state index in [-0.39, 0.29) is 0 Å². The van der Waals surface area contributed by atoms with Crippen LogP contribution >= 0.6 is 0 Å². The highest BCUT2D eigenvalue weighted by molar-refractivity contribution is 5.87. The second kappa shape index (κ2) is 7.29. The van der Waals surface area contributed by atoms with Gasteiger partial charge < -0.3 is 5.11 Å². The Balaban J connectivity index is 2.51. The molecule has 0 saturated heterocycles. The highest BCUT2D eigenvalue weighted by Gasteiger charge is 2.10. The van der Waals surface area contributed by atoms with E-state index in [9.17, 15) is 4.79 Å². The molecule has 0 amide bonds. The van der Waals surface area contributed by atoms with Crippen LogP contribution in [0.3, 0.4) is 0 Å². The molecule has 0 saturated carbocycles. The number of hydrogen-bond donors (Lipinski definition) is 1. The summed E-state index contributed by atoms with van der Waals surface area (Å²) in [6.45, 7) is 7.60. The molecule has 3 heteroatoms. The first kappa shape index (κ1) is 15.7. The number of hydrogen-bond acceptors (Lipinski definition) is 2. The van der Waals surface area contributed by atoms with E-state index in [2.05, 4.69) is 32.7 Å². The van der Waals surface area contributed by atoms with Crippen molar-refractivity contribution in [2.24, 2.45) is 5.92 Å². The lowest BCUT2D eigenvalue weighted by molar-refractivity contribution is 0.0697. The zero-order valence-electron chi connectivity index (χ0n) is 12.4. The largest absolute Gasteiger partial charge is 0.478 e. The second-order valence-electron chi connectivity index (χ2n) is 5.74. The van der Waals surface area contributed by atoms with Gasteiger partial charge in [0.1, 0.15) is 0 Å². The first-order chi connectivity index (χ1) is 8.90. The Hall–Kier alpha value is -1.35. The van der Waals surface area contributed by atoms with Crippen LogP contribution in [0.2, 0.25) is 0 Å². The molecule has 106 valence electrons. The standard InChI is InChI=1S/C16H25NO2/c1-12(2)5-6-13(3)17(4)11-14-7-9-15(10-8-14)16(18)19/h7-10,12-13H,5-6,11H2,1-4H3,(H,18,19). The molecule has 1 N–H and O–H groups in total. The van der Waals surface area contributed by atoms with Gasteiger partial charge in [0.15, 0.2) is 0 Å². The summed E-state index contributed by atoms with van der Waals surface area (Å²) in [4.78, 5) is 13.1. The monoisotopic (exact) mass is 263 g/mol. The van der Waals surface area contributed by atoms with Gasteiger partial charge in [0.25, 0.3) is 0 Å². The molecule has 0 fully saturated rings. The summed E-state index contributed by atoms with van der Waals surface area (Å²) < 4.78 is 0. The summed E-state index contributed by atoms with van der Waals surface area (Å²) in [6, 6.07) is 7.68. The molecule has 0 bridgehead atoms. The van der Waals surface area contributed by atoms with E-state index in [1.807, 2.05) is 12.1 Å². The van der Waals surface area contributed by atoms with Gasteiger partial charge in [0.05, 0.1) is 5.56 Å². The predicted octanol–water partition coefficient (Wildman–Crippen LogP) is 3.64. The van der Waals surface area contributed by atoms with Crippen molar-refractivity contribution in [2.45, 2.75) is 46.2 Å². The van der Waals surface area contributed by atoms with Crippen LogP contribution < -0.4 is 0 Å². The SMILES string of the molecule is CC(C)CCC(C)N(C)Cc1ccc(C(=O)O)cc1. The molecule has 1 rings (SSSR count). The molecule has 0 spiro atoms. The quantitative estimate of drug-likeness (QED) is 0.816. The van der Waals surface area contributed by atoms with Crippen LogP contribution in [-0.2, 0) is 6.54 Å². The van der Waals surface area contributed by atoms with E-state index in [4.69, 9.17) is 5.11 Å². The van der Waals surface area contributed by atoms with E-state index < -0.39 is 5.97 Å².